The molecule has 0 bridgehead atoms. The van der Waals surface area contributed by atoms with E-state index >= 15 is 0 Å². The zero-order valence-electron chi connectivity index (χ0n) is 11.8. The Hall–Kier alpha value is -1.14. The minimum atomic E-state index is -3.49. The summed E-state index contributed by atoms with van der Waals surface area (Å²) in [6, 6.07) is 3.21. The molecule has 0 unspecified atom stereocenters. The van der Waals surface area contributed by atoms with Crippen LogP contribution in [0.3, 0.4) is 0 Å². The number of pyridine rings is 1. The van der Waals surface area contributed by atoms with E-state index in [1.54, 1.807) is 18.3 Å². The normalized spacial score (nSPS) is 11.8. The number of nitrogens with one attached hydrogen (secondary N) is 2. The highest BCUT2D eigenvalue weighted by molar-refractivity contribution is 7.89. The number of nitrogens with zero attached hydrogens (tertiary/aromatic N) is 1. The topological polar surface area (TPSA) is 71.1 Å². The summed E-state index contributed by atoms with van der Waals surface area (Å²) < 4.78 is 27.0. The molecule has 0 aliphatic carbocycles. The third-order valence-corrected chi connectivity index (χ3v) is 4.11. The first-order chi connectivity index (χ1) is 8.97. The van der Waals surface area contributed by atoms with Gasteiger partial charge in [-0.05, 0) is 30.9 Å². The van der Waals surface area contributed by atoms with E-state index in [0.29, 0.717) is 24.8 Å². The molecule has 0 aliphatic rings. The average molecular weight is 285 g/mol. The summed E-state index contributed by atoms with van der Waals surface area (Å²) in [6.45, 7) is 7.29. The van der Waals surface area contributed by atoms with Crippen molar-refractivity contribution in [3.05, 3.63) is 18.3 Å². The summed E-state index contributed by atoms with van der Waals surface area (Å²) in [7, 11) is -3.49. The fourth-order valence-corrected chi connectivity index (χ4v) is 2.72. The van der Waals surface area contributed by atoms with Crippen molar-refractivity contribution >= 4 is 15.8 Å². The summed E-state index contributed by atoms with van der Waals surface area (Å²) >= 11 is 0. The van der Waals surface area contributed by atoms with Crippen molar-refractivity contribution in [2.24, 2.45) is 5.92 Å². The molecule has 108 valence electrons. The number of aromatic nitrogens is 1. The monoisotopic (exact) mass is 285 g/mol. The highest BCUT2D eigenvalue weighted by Crippen LogP contribution is 2.17. The summed E-state index contributed by atoms with van der Waals surface area (Å²) in [5.41, 5.74) is 0. The molecule has 0 spiro atoms. The number of hydrogen-bond donors (Lipinski definition) is 2. The second-order valence-electron chi connectivity index (χ2n) is 4.86. The van der Waals surface area contributed by atoms with Gasteiger partial charge in [-0.1, -0.05) is 20.8 Å². The van der Waals surface area contributed by atoms with Crippen LogP contribution >= 0.6 is 0 Å². The van der Waals surface area contributed by atoms with Gasteiger partial charge in [0.15, 0.2) is 0 Å². The van der Waals surface area contributed by atoms with E-state index in [1.807, 2.05) is 6.92 Å². The third kappa shape index (κ3) is 5.16. The van der Waals surface area contributed by atoms with Crippen LogP contribution in [0.1, 0.15) is 33.6 Å². The van der Waals surface area contributed by atoms with Crippen LogP contribution in [0.5, 0.6) is 0 Å². The number of sulfonamides is 1. The quantitative estimate of drug-likeness (QED) is 0.768. The highest BCUT2D eigenvalue weighted by atomic mass is 32.2. The van der Waals surface area contributed by atoms with E-state index in [-0.39, 0.29) is 4.90 Å². The number of hydrogen-bond acceptors (Lipinski definition) is 4. The summed E-state index contributed by atoms with van der Waals surface area (Å²) in [4.78, 5) is 4.31. The maximum atomic E-state index is 12.2. The van der Waals surface area contributed by atoms with Crippen molar-refractivity contribution in [1.29, 1.82) is 0 Å². The van der Waals surface area contributed by atoms with E-state index in [9.17, 15) is 8.42 Å². The van der Waals surface area contributed by atoms with Crippen molar-refractivity contribution in [2.45, 2.75) is 38.5 Å². The van der Waals surface area contributed by atoms with Crippen LogP contribution in [0.25, 0.3) is 0 Å². The maximum absolute atomic E-state index is 12.2. The third-order valence-electron chi connectivity index (χ3n) is 2.62. The highest BCUT2D eigenvalue weighted by Gasteiger charge is 2.18. The molecule has 0 radical (unpaired) electrons. The molecule has 6 heteroatoms. The molecular formula is C13H23N3O2S. The molecule has 0 saturated carbocycles. The van der Waals surface area contributed by atoms with Crippen molar-refractivity contribution in [1.82, 2.24) is 9.71 Å². The minimum Gasteiger partial charge on any atom is -0.369 e. The van der Waals surface area contributed by atoms with Crippen molar-refractivity contribution in [3.8, 4) is 0 Å². The summed E-state index contributed by atoms with van der Waals surface area (Å²) in [5, 5.41) is 3.04. The van der Waals surface area contributed by atoms with Gasteiger partial charge in [-0.15, -0.1) is 0 Å². The summed E-state index contributed by atoms with van der Waals surface area (Å²) in [6.07, 6.45) is 3.32. The lowest BCUT2D eigenvalue weighted by atomic mass is 10.1. The van der Waals surface area contributed by atoms with E-state index < -0.39 is 10.0 Å². The van der Waals surface area contributed by atoms with Gasteiger partial charge in [0.2, 0.25) is 10.0 Å². The van der Waals surface area contributed by atoms with E-state index in [1.165, 1.54) is 0 Å². The van der Waals surface area contributed by atoms with Crippen LogP contribution in [-0.4, -0.2) is 26.5 Å². The lowest BCUT2D eigenvalue weighted by Crippen LogP contribution is -2.26. The fourth-order valence-electron chi connectivity index (χ4n) is 1.54. The van der Waals surface area contributed by atoms with E-state index in [4.69, 9.17) is 0 Å². The van der Waals surface area contributed by atoms with Crippen LogP contribution in [0.2, 0.25) is 0 Å². The van der Waals surface area contributed by atoms with Gasteiger partial charge in [0.25, 0.3) is 0 Å². The van der Waals surface area contributed by atoms with Gasteiger partial charge >= 0.3 is 0 Å². The first-order valence-corrected chi connectivity index (χ1v) is 8.14. The molecule has 0 saturated heterocycles. The van der Waals surface area contributed by atoms with Gasteiger partial charge in [-0.3, -0.25) is 0 Å². The van der Waals surface area contributed by atoms with Gasteiger partial charge < -0.3 is 5.32 Å². The van der Waals surface area contributed by atoms with Crippen LogP contribution in [0.15, 0.2) is 23.2 Å². The Morgan fingerprint density at radius 3 is 2.68 bits per heavy atom. The van der Waals surface area contributed by atoms with Crippen LogP contribution in [0.4, 0.5) is 5.82 Å². The number of anilines is 1. The molecule has 0 fully saturated rings. The molecule has 0 amide bonds. The molecule has 5 nitrogen and oxygen atoms in total. The lowest BCUT2D eigenvalue weighted by Gasteiger charge is -2.12. The molecular weight excluding hydrogens is 262 g/mol. The minimum absolute atomic E-state index is 0.215. The van der Waals surface area contributed by atoms with Gasteiger partial charge in [0.1, 0.15) is 10.7 Å². The molecule has 1 aromatic heterocycles. The SMILES string of the molecule is CCCNc1ncccc1S(=O)(=O)NCCC(C)C. The summed E-state index contributed by atoms with van der Waals surface area (Å²) in [5.74, 6) is 0.885. The average Bonchev–Trinajstić information content (AvgIpc) is 2.36. The predicted octanol–water partition coefficient (Wildman–Crippen LogP) is 2.23. The Balaban J connectivity index is 2.82. The van der Waals surface area contributed by atoms with Crippen LogP contribution in [-0.2, 0) is 10.0 Å². The van der Waals surface area contributed by atoms with E-state index in [2.05, 4.69) is 28.9 Å². The van der Waals surface area contributed by atoms with Crippen molar-refractivity contribution in [3.63, 3.8) is 0 Å². The van der Waals surface area contributed by atoms with Gasteiger partial charge in [-0.2, -0.15) is 0 Å². The van der Waals surface area contributed by atoms with Gasteiger partial charge in [0, 0.05) is 19.3 Å². The van der Waals surface area contributed by atoms with Crippen molar-refractivity contribution < 1.29 is 8.42 Å². The largest absolute Gasteiger partial charge is 0.369 e. The van der Waals surface area contributed by atoms with Crippen molar-refractivity contribution in [2.75, 3.05) is 18.4 Å². The van der Waals surface area contributed by atoms with Gasteiger partial charge in [0.05, 0.1) is 0 Å². The Bertz CT molecular complexity index is 486. The Morgan fingerprint density at radius 1 is 1.32 bits per heavy atom. The zero-order valence-corrected chi connectivity index (χ0v) is 12.6. The standard InChI is InChI=1S/C13H23N3O2S/c1-4-8-14-13-12(6-5-9-15-13)19(17,18)16-10-7-11(2)3/h5-6,9,11,16H,4,7-8,10H2,1-3H3,(H,14,15). The fraction of sp³-hybridized carbons (Fsp3) is 0.615. The molecule has 2 N–H and O–H groups in total. The smallest absolute Gasteiger partial charge is 0.244 e. The Morgan fingerprint density at radius 2 is 2.05 bits per heavy atom. The molecule has 1 heterocycles. The first kappa shape index (κ1) is 15.9. The molecule has 0 aromatic carbocycles. The Labute approximate surface area is 115 Å². The molecule has 0 aliphatic heterocycles. The number of rotatable bonds is 8. The van der Waals surface area contributed by atoms with Crippen LogP contribution in [0, 0.1) is 5.92 Å². The van der Waals surface area contributed by atoms with Gasteiger partial charge in [-0.25, -0.2) is 18.1 Å². The zero-order chi connectivity index (χ0) is 14.3. The second kappa shape index (κ2) is 7.45. The predicted molar refractivity (Wildman–Crippen MR) is 77.7 cm³/mol. The lowest BCUT2D eigenvalue weighted by molar-refractivity contribution is 0.551. The first-order valence-electron chi connectivity index (χ1n) is 6.66. The second-order valence-corrected chi connectivity index (χ2v) is 6.59. The Kier molecular flexibility index (Phi) is 6.24. The molecule has 1 aromatic rings. The molecule has 0 atom stereocenters. The molecule has 19 heavy (non-hydrogen) atoms. The molecule has 1 rings (SSSR count). The maximum Gasteiger partial charge on any atom is 0.244 e. The van der Waals surface area contributed by atoms with Crippen LogP contribution < -0.4 is 10.0 Å². The van der Waals surface area contributed by atoms with E-state index in [0.717, 1.165) is 12.8 Å².